The van der Waals surface area contributed by atoms with Gasteiger partial charge in [-0.05, 0) is 72.7 Å². The van der Waals surface area contributed by atoms with Crippen molar-refractivity contribution in [1.82, 2.24) is 9.88 Å². The fourth-order valence-electron chi connectivity index (χ4n) is 5.53. The molecule has 1 fully saturated rings. The second kappa shape index (κ2) is 7.31. The van der Waals surface area contributed by atoms with Crippen LogP contribution < -0.4 is 4.74 Å². The highest BCUT2D eigenvalue weighted by Crippen LogP contribution is 2.49. The molecule has 2 aliphatic rings. The van der Waals surface area contributed by atoms with Gasteiger partial charge in [0, 0.05) is 39.6 Å². The van der Waals surface area contributed by atoms with Gasteiger partial charge in [-0.15, -0.1) is 0 Å². The third kappa shape index (κ3) is 2.99. The highest BCUT2D eigenvalue weighted by atomic mass is 79.9. The average Bonchev–Trinajstić information content (AvgIpc) is 3.12. The van der Waals surface area contributed by atoms with Crippen molar-refractivity contribution in [1.29, 1.82) is 0 Å². The van der Waals surface area contributed by atoms with Crippen LogP contribution in [0.4, 0.5) is 0 Å². The maximum Gasteiger partial charge on any atom is 0.245 e. The third-order valence-electron chi connectivity index (χ3n) is 7.08. The number of hydrogen-bond acceptors (Lipinski definition) is 2. The summed E-state index contributed by atoms with van der Waals surface area (Å²) in [7, 11) is 1.72. The van der Waals surface area contributed by atoms with E-state index in [1.807, 2.05) is 11.0 Å². The Balaban J connectivity index is 1.64. The number of benzene rings is 2. The van der Waals surface area contributed by atoms with E-state index in [1.165, 1.54) is 33.8 Å². The van der Waals surface area contributed by atoms with Crippen molar-refractivity contribution in [3.05, 3.63) is 76.4 Å². The van der Waals surface area contributed by atoms with Gasteiger partial charge in [-0.1, -0.05) is 34.6 Å². The van der Waals surface area contributed by atoms with Crippen LogP contribution in [0.5, 0.6) is 5.75 Å². The van der Waals surface area contributed by atoms with Gasteiger partial charge in [-0.2, -0.15) is 0 Å². The van der Waals surface area contributed by atoms with Crippen LogP contribution >= 0.6 is 15.9 Å². The molecule has 1 N–H and O–H groups in total. The summed E-state index contributed by atoms with van der Waals surface area (Å²) < 4.78 is 6.63. The number of methoxy groups -OCH3 is 1. The fraction of sp³-hybridized carbons (Fsp3) is 0.320. The summed E-state index contributed by atoms with van der Waals surface area (Å²) in [6, 6.07) is 14.9. The van der Waals surface area contributed by atoms with Crippen LogP contribution in [0, 0.1) is 5.92 Å². The minimum absolute atomic E-state index is 0.0163. The van der Waals surface area contributed by atoms with Crippen LogP contribution in [0.1, 0.15) is 23.2 Å². The number of carbonyl (C=O) groups is 1. The monoisotopic (exact) mass is 464 g/mol. The molecule has 30 heavy (non-hydrogen) atoms. The number of aromatic amines is 1. The lowest BCUT2D eigenvalue weighted by atomic mass is 9.58. The number of aromatic nitrogens is 1. The van der Waals surface area contributed by atoms with Gasteiger partial charge in [0.15, 0.2) is 0 Å². The molecular weight excluding hydrogens is 440 g/mol. The minimum Gasteiger partial charge on any atom is -0.497 e. The number of likely N-dealkylation sites (tertiary alicyclic amines) is 1. The summed E-state index contributed by atoms with van der Waals surface area (Å²) >= 11 is 3.62. The van der Waals surface area contributed by atoms with E-state index >= 15 is 0 Å². The van der Waals surface area contributed by atoms with Crippen LogP contribution in [0.3, 0.4) is 0 Å². The van der Waals surface area contributed by atoms with Gasteiger partial charge >= 0.3 is 0 Å². The number of carbonyl (C=O) groups excluding carboxylic acids is 1. The van der Waals surface area contributed by atoms with E-state index in [2.05, 4.69) is 63.9 Å². The van der Waals surface area contributed by atoms with Crippen molar-refractivity contribution in [3.63, 3.8) is 0 Å². The number of hydrogen-bond donors (Lipinski definition) is 1. The van der Waals surface area contributed by atoms with Gasteiger partial charge in [0.05, 0.1) is 7.11 Å². The number of nitrogens with one attached hydrogen (secondary N) is 1. The third-order valence-corrected chi connectivity index (χ3v) is 7.57. The minimum atomic E-state index is -0.0163. The predicted molar refractivity (Wildman–Crippen MR) is 123 cm³/mol. The Bertz CT molecular complexity index is 1150. The summed E-state index contributed by atoms with van der Waals surface area (Å²) in [4.78, 5) is 18.1. The second-order valence-corrected chi connectivity index (χ2v) is 9.39. The lowest BCUT2D eigenvalue weighted by Crippen LogP contribution is -2.54. The lowest BCUT2D eigenvalue weighted by molar-refractivity contribution is -0.129. The molecule has 2 atom stereocenters. The Morgan fingerprint density at radius 1 is 1.33 bits per heavy atom. The van der Waals surface area contributed by atoms with E-state index < -0.39 is 0 Å². The molecule has 154 valence electrons. The van der Waals surface area contributed by atoms with E-state index in [9.17, 15) is 4.79 Å². The smallest absolute Gasteiger partial charge is 0.245 e. The van der Waals surface area contributed by atoms with Crippen molar-refractivity contribution in [2.45, 2.75) is 24.7 Å². The summed E-state index contributed by atoms with van der Waals surface area (Å²) in [6.07, 6.45) is 4.27. The van der Waals surface area contributed by atoms with Crippen LogP contribution in [0.25, 0.3) is 10.9 Å². The number of halogens is 1. The van der Waals surface area contributed by atoms with E-state index in [0.29, 0.717) is 5.92 Å². The zero-order chi connectivity index (χ0) is 20.9. The van der Waals surface area contributed by atoms with Gasteiger partial charge in [0.2, 0.25) is 5.91 Å². The summed E-state index contributed by atoms with van der Waals surface area (Å²) in [5, 5.41) is 1.28. The highest BCUT2D eigenvalue weighted by molar-refractivity contribution is 9.10. The Kier molecular flexibility index (Phi) is 4.73. The number of rotatable bonds is 3. The molecule has 3 aromatic rings. The number of ether oxygens (including phenoxy) is 1. The Labute approximate surface area is 185 Å². The normalized spacial score (nSPS) is 23.0. The standard InChI is InChI=1S/C25H25BrN2O2/c1-3-24(29)28-10-9-25(16-5-4-6-19(11-16)30-2)14-23-20(12-17(25)15-28)21-13-18(26)7-8-22(21)27-23/h3-8,11,13,17,27H,1,9-10,12,14-15H2,2H3. The highest BCUT2D eigenvalue weighted by Gasteiger charge is 2.48. The number of nitrogens with zero attached hydrogens (tertiary/aromatic N) is 1. The molecule has 1 aliphatic carbocycles. The molecule has 2 unspecified atom stereocenters. The SMILES string of the molecule is C=CC(=O)N1CCC2(c3cccc(OC)c3)Cc3[nH]c4ccc(Br)cc4c3CC2C1. The van der Waals surface area contributed by atoms with Crippen molar-refractivity contribution in [2.75, 3.05) is 20.2 Å². The van der Waals surface area contributed by atoms with Crippen LogP contribution in [0.15, 0.2) is 59.6 Å². The van der Waals surface area contributed by atoms with Crippen LogP contribution in [-0.4, -0.2) is 36.0 Å². The van der Waals surface area contributed by atoms with Gasteiger partial charge in [0.25, 0.3) is 0 Å². The first-order valence-electron chi connectivity index (χ1n) is 10.4. The van der Waals surface area contributed by atoms with Gasteiger partial charge in [-0.25, -0.2) is 0 Å². The van der Waals surface area contributed by atoms with E-state index in [0.717, 1.165) is 42.6 Å². The van der Waals surface area contributed by atoms with Crippen molar-refractivity contribution in [3.8, 4) is 5.75 Å². The van der Waals surface area contributed by atoms with E-state index in [-0.39, 0.29) is 11.3 Å². The lowest BCUT2D eigenvalue weighted by Gasteiger charge is -2.51. The molecule has 2 heterocycles. The molecule has 2 aromatic carbocycles. The number of piperidine rings is 1. The molecule has 1 aromatic heterocycles. The number of fused-ring (bicyclic) bond motifs is 4. The first kappa shape index (κ1) is 19.4. The van der Waals surface area contributed by atoms with Crippen molar-refractivity contribution < 1.29 is 9.53 Å². The van der Waals surface area contributed by atoms with Gasteiger partial charge in [-0.3, -0.25) is 4.79 Å². The second-order valence-electron chi connectivity index (χ2n) is 8.48. The molecule has 0 bridgehead atoms. The first-order chi connectivity index (χ1) is 14.5. The molecule has 1 aliphatic heterocycles. The van der Waals surface area contributed by atoms with E-state index in [4.69, 9.17) is 4.74 Å². The maximum absolute atomic E-state index is 12.4. The van der Waals surface area contributed by atoms with Crippen molar-refractivity contribution in [2.24, 2.45) is 5.92 Å². The molecular formula is C25H25BrN2O2. The molecule has 5 heteroatoms. The molecule has 4 nitrogen and oxygen atoms in total. The quantitative estimate of drug-likeness (QED) is 0.553. The number of H-pyrrole nitrogens is 1. The van der Waals surface area contributed by atoms with Gasteiger partial charge in [0.1, 0.15) is 5.75 Å². The van der Waals surface area contributed by atoms with Gasteiger partial charge < -0.3 is 14.6 Å². The van der Waals surface area contributed by atoms with Crippen LogP contribution in [-0.2, 0) is 23.1 Å². The molecule has 1 saturated heterocycles. The Hall–Kier alpha value is -2.53. The molecule has 1 amide bonds. The maximum atomic E-state index is 12.4. The largest absolute Gasteiger partial charge is 0.497 e. The van der Waals surface area contributed by atoms with Crippen molar-refractivity contribution >= 4 is 32.7 Å². The topological polar surface area (TPSA) is 45.3 Å². The summed E-state index contributed by atoms with van der Waals surface area (Å²) in [6.45, 7) is 5.20. The number of amides is 1. The molecule has 0 saturated carbocycles. The zero-order valence-electron chi connectivity index (χ0n) is 17.1. The molecule has 0 radical (unpaired) electrons. The summed E-state index contributed by atoms with van der Waals surface area (Å²) in [5.41, 5.74) is 5.19. The molecule has 0 spiro atoms. The summed E-state index contributed by atoms with van der Waals surface area (Å²) in [5.74, 6) is 1.26. The first-order valence-corrected chi connectivity index (χ1v) is 11.2. The van der Waals surface area contributed by atoms with Crippen LogP contribution in [0.2, 0.25) is 0 Å². The fourth-order valence-corrected chi connectivity index (χ4v) is 5.89. The predicted octanol–water partition coefficient (Wildman–Crippen LogP) is 5.01. The van der Waals surface area contributed by atoms with E-state index in [1.54, 1.807) is 7.11 Å². The molecule has 5 rings (SSSR count). The Morgan fingerprint density at radius 2 is 2.20 bits per heavy atom. The Morgan fingerprint density at radius 3 is 3.00 bits per heavy atom. The average molecular weight is 465 g/mol. The zero-order valence-corrected chi connectivity index (χ0v) is 18.7.